The summed E-state index contributed by atoms with van der Waals surface area (Å²) in [6.45, 7) is 0.608. The lowest BCUT2D eigenvalue weighted by atomic mass is 10.2. The molecule has 2 rings (SSSR count). The van der Waals surface area contributed by atoms with Crippen LogP contribution in [-0.4, -0.2) is 16.5 Å². The maximum absolute atomic E-state index is 11.0. The largest absolute Gasteiger partial charge is 0.384 e. The van der Waals surface area contributed by atoms with Crippen LogP contribution in [0.25, 0.3) is 11.0 Å². The molecule has 0 saturated heterocycles. The molecule has 0 atom stereocenters. The van der Waals surface area contributed by atoms with E-state index < -0.39 is 0 Å². The number of rotatable bonds is 3. The SMILES string of the molecule is N#CCCNc1ccc2[nH]c(=O)[nH]c2c1. The minimum Gasteiger partial charge on any atom is -0.384 e. The predicted octanol–water partition coefficient (Wildman–Crippen LogP) is 1.18. The zero-order valence-corrected chi connectivity index (χ0v) is 8.00. The molecule has 1 aromatic carbocycles. The number of hydrogen-bond donors (Lipinski definition) is 3. The Hall–Kier alpha value is -2.22. The maximum atomic E-state index is 11.0. The first kappa shape index (κ1) is 9.34. The van der Waals surface area contributed by atoms with Crippen molar-refractivity contribution in [3.63, 3.8) is 0 Å². The quantitative estimate of drug-likeness (QED) is 0.653. The topological polar surface area (TPSA) is 84.5 Å². The molecule has 3 N–H and O–H groups in total. The Kier molecular flexibility index (Phi) is 2.42. The summed E-state index contributed by atoms with van der Waals surface area (Å²) >= 11 is 0. The molecule has 0 bridgehead atoms. The number of benzene rings is 1. The molecule has 0 saturated carbocycles. The van der Waals surface area contributed by atoms with Gasteiger partial charge in [0.1, 0.15) is 0 Å². The highest BCUT2D eigenvalue weighted by Gasteiger charge is 1.98. The highest BCUT2D eigenvalue weighted by molar-refractivity contribution is 5.78. The summed E-state index contributed by atoms with van der Waals surface area (Å²) in [4.78, 5) is 16.3. The van der Waals surface area contributed by atoms with Gasteiger partial charge in [0.05, 0.1) is 23.5 Å². The highest BCUT2D eigenvalue weighted by Crippen LogP contribution is 2.14. The average molecular weight is 202 g/mol. The van der Waals surface area contributed by atoms with E-state index in [-0.39, 0.29) is 5.69 Å². The van der Waals surface area contributed by atoms with Crippen LogP contribution in [0.5, 0.6) is 0 Å². The second-order valence-electron chi connectivity index (χ2n) is 3.17. The third kappa shape index (κ3) is 1.99. The van der Waals surface area contributed by atoms with E-state index in [9.17, 15) is 4.79 Å². The second kappa shape index (κ2) is 3.88. The van der Waals surface area contributed by atoms with Crippen LogP contribution in [0.4, 0.5) is 5.69 Å². The zero-order chi connectivity index (χ0) is 10.7. The van der Waals surface area contributed by atoms with E-state index in [1.165, 1.54) is 0 Å². The summed E-state index contributed by atoms with van der Waals surface area (Å²) in [5.74, 6) is 0. The van der Waals surface area contributed by atoms with Crippen molar-refractivity contribution in [1.29, 1.82) is 5.26 Å². The lowest BCUT2D eigenvalue weighted by molar-refractivity contribution is 1.08. The van der Waals surface area contributed by atoms with E-state index >= 15 is 0 Å². The van der Waals surface area contributed by atoms with Gasteiger partial charge >= 0.3 is 5.69 Å². The first-order valence-corrected chi connectivity index (χ1v) is 4.62. The van der Waals surface area contributed by atoms with E-state index in [0.717, 1.165) is 16.7 Å². The average Bonchev–Trinajstić information content (AvgIpc) is 2.57. The molecule has 0 radical (unpaired) electrons. The Morgan fingerprint density at radius 2 is 2.13 bits per heavy atom. The summed E-state index contributed by atoms with van der Waals surface area (Å²) in [5.41, 5.74) is 2.24. The number of nitriles is 1. The van der Waals surface area contributed by atoms with Crippen molar-refractivity contribution < 1.29 is 0 Å². The normalized spacial score (nSPS) is 10.1. The van der Waals surface area contributed by atoms with Gasteiger partial charge in [0.15, 0.2) is 0 Å². The van der Waals surface area contributed by atoms with Crippen molar-refractivity contribution in [3.8, 4) is 6.07 Å². The van der Waals surface area contributed by atoms with Crippen LogP contribution in [0.3, 0.4) is 0 Å². The molecule has 1 aromatic heterocycles. The summed E-state index contributed by atoms with van der Waals surface area (Å²) in [7, 11) is 0. The number of aromatic amines is 2. The molecule has 0 aliphatic heterocycles. The van der Waals surface area contributed by atoms with Gasteiger partial charge in [0.2, 0.25) is 0 Å². The van der Waals surface area contributed by atoms with E-state index in [1.54, 1.807) is 0 Å². The first-order chi connectivity index (χ1) is 7.29. The number of imidazole rings is 1. The first-order valence-electron chi connectivity index (χ1n) is 4.62. The van der Waals surface area contributed by atoms with Gasteiger partial charge in [-0.25, -0.2) is 4.79 Å². The molecule has 76 valence electrons. The van der Waals surface area contributed by atoms with Gasteiger partial charge in [-0.3, -0.25) is 0 Å². The second-order valence-corrected chi connectivity index (χ2v) is 3.17. The third-order valence-corrected chi connectivity index (χ3v) is 2.08. The van der Waals surface area contributed by atoms with Crippen LogP contribution in [0.1, 0.15) is 6.42 Å². The van der Waals surface area contributed by atoms with Gasteiger partial charge in [-0.05, 0) is 18.2 Å². The zero-order valence-electron chi connectivity index (χ0n) is 8.00. The number of aromatic nitrogens is 2. The maximum Gasteiger partial charge on any atom is 0.323 e. The monoisotopic (exact) mass is 202 g/mol. The molecule has 0 aliphatic rings. The Morgan fingerprint density at radius 1 is 1.33 bits per heavy atom. The number of hydrogen-bond acceptors (Lipinski definition) is 3. The molecule has 15 heavy (non-hydrogen) atoms. The summed E-state index contributed by atoms with van der Waals surface area (Å²) in [6.07, 6.45) is 0.460. The van der Waals surface area contributed by atoms with Crippen LogP contribution in [0.15, 0.2) is 23.0 Å². The van der Waals surface area contributed by atoms with Gasteiger partial charge in [-0.1, -0.05) is 0 Å². The Labute approximate surface area is 85.7 Å². The van der Waals surface area contributed by atoms with Crippen molar-refractivity contribution in [3.05, 3.63) is 28.7 Å². The fourth-order valence-corrected chi connectivity index (χ4v) is 1.41. The van der Waals surface area contributed by atoms with Gasteiger partial charge in [-0.15, -0.1) is 0 Å². The van der Waals surface area contributed by atoms with E-state index in [1.807, 2.05) is 18.2 Å². The summed E-state index contributed by atoms with van der Waals surface area (Å²) < 4.78 is 0. The molecular weight excluding hydrogens is 192 g/mol. The minimum absolute atomic E-state index is 0.209. The summed E-state index contributed by atoms with van der Waals surface area (Å²) in [5, 5.41) is 11.5. The van der Waals surface area contributed by atoms with Gasteiger partial charge in [0.25, 0.3) is 0 Å². The minimum atomic E-state index is -0.209. The van der Waals surface area contributed by atoms with Crippen LogP contribution in [0, 0.1) is 11.3 Å². The van der Waals surface area contributed by atoms with Crippen molar-refractivity contribution in [2.75, 3.05) is 11.9 Å². The van der Waals surface area contributed by atoms with E-state index in [0.29, 0.717) is 13.0 Å². The Bertz CT molecular complexity index is 561. The molecule has 0 amide bonds. The lowest BCUT2D eigenvalue weighted by Gasteiger charge is -2.02. The number of H-pyrrole nitrogens is 2. The molecule has 5 nitrogen and oxygen atoms in total. The highest BCUT2D eigenvalue weighted by atomic mass is 16.1. The van der Waals surface area contributed by atoms with Crippen LogP contribution < -0.4 is 11.0 Å². The third-order valence-electron chi connectivity index (χ3n) is 2.08. The predicted molar refractivity (Wildman–Crippen MR) is 57.6 cm³/mol. The van der Waals surface area contributed by atoms with Crippen molar-refractivity contribution in [1.82, 2.24) is 9.97 Å². The smallest absolute Gasteiger partial charge is 0.323 e. The molecule has 2 aromatic rings. The van der Waals surface area contributed by atoms with Crippen molar-refractivity contribution in [2.45, 2.75) is 6.42 Å². The lowest BCUT2D eigenvalue weighted by Crippen LogP contribution is -2.00. The number of fused-ring (bicyclic) bond motifs is 1. The van der Waals surface area contributed by atoms with Gasteiger partial charge in [-0.2, -0.15) is 5.26 Å². The van der Waals surface area contributed by atoms with E-state index in [2.05, 4.69) is 21.4 Å². The van der Waals surface area contributed by atoms with Crippen LogP contribution in [-0.2, 0) is 0 Å². The van der Waals surface area contributed by atoms with E-state index in [4.69, 9.17) is 5.26 Å². The molecule has 0 unspecified atom stereocenters. The standard InChI is InChI=1S/C10H10N4O/c11-4-1-5-12-7-2-3-8-9(6-7)14-10(15)13-8/h2-3,6,12H,1,5H2,(H2,13,14,15). The van der Waals surface area contributed by atoms with Crippen LogP contribution >= 0.6 is 0 Å². The van der Waals surface area contributed by atoms with Gasteiger partial charge < -0.3 is 15.3 Å². The number of anilines is 1. The molecule has 0 aliphatic carbocycles. The van der Waals surface area contributed by atoms with Gasteiger partial charge in [0, 0.05) is 12.2 Å². The molecule has 0 spiro atoms. The number of nitrogens with one attached hydrogen (secondary N) is 3. The molecular formula is C10H10N4O. The summed E-state index contributed by atoms with van der Waals surface area (Å²) in [6, 6.07) is 7.58. The Balaban J connectivity index is 2.23. The fourth-order valence-electron chi connectivity index (χ4n) is 1.41. The van der Waals surface area contributed by atoms with Crippen LogP contribution in [0.2, 0.25) is 0 Å². The number of nitrogens with zero attached hydrogens (tertiary/aromatic N) is 1. The molecule has 5 heteroatoms. The fraction of sp³-hybridized carbons (Fsp3) is 0.200. The van der Waals surface area contributed by atoms with Crippen molar-refractivity contribution in [2.24, 2.45) is 0 Å². The molecule has 0 fully saturated rings. The Morgan fingerprint density at radius 3 is 2.93 bits per heavy atom. The molecule has 1 heterocycles. The van der Waals surface area contributed by atoms with Crippen molar-refractivity contribution >= 4 is 16.7 Å².